The number of nitrogens with zero attached hydrogens (tertiary/aromatic N) is 1. The molecule has 0 spiro atoms. The molecule has 14 nitrogen and oxygen atoms in total. The predicted octanol–water partition coefficient (Wildman–Crippen LogP) is 2.49. The maximum absolute atomic E-state index is 13.7. The molecule has 0 radical (unpaired) electrons. The molecule has 1 heterocycles. The number of carbonyl (C=O) groups excluding carboxylic acids is 6. The van der Waals surface area contributed by atoms with Crippen molar-refractivity contribution >= 4 is 42.3 Å². The molecule has 0 bridgehead atoms. The summed E-state index contributed by atoms with van der Waals surface area (Å²) in [6, 6.07) is 12.1. The zero-order valence-corrected chi connectivity index (χ0v) is 28.9. The van der Waals surface area contributed by atoms with Crippen LogP contribution in [0.5, 0.6) is 5.75 Å². The second kappa shape index (κ2) is 19.3. The number of benzene rings is 2. The number of amides is 5. The first-order valence-corrected chi connectivity index (χ1v) is 16.4. The van der Waals surface area contributed by atoms with Crippen molar-refractivity contribution in [1.29, 1.82) is 0 Å². The number of ether oxygens (including phenoxy) is 2. The average Bonchev–Trinajstić information content (AvgIpc) is 3.58. The van der Waals surface area contributed by atoms with Crippen LogP contribution in [-0.4, -0.2) is 89.6 Å². The van der Waals surface area contributed by atoms with Gasteiger partial charge in [0.15, 0.2) is 0 Å². The highest BCUT2D eigenvalue weighted by Crippen LogP contribution is 2.20. The maximum Gasteiger partial charge on any atom is 0.408 e. The number of nitrogens with one attached hydrogen (secondary N) is 4. The number of hydrogen-bond acceptors (Lipinski definition) is 9. The summed E-state index contributed by atoms with van der Waals surface area (Å²) in [5.41, 5.74) is 0.688. The molecule has 272 valence electrons. The van der Waals surface area contributed by atoms with Crippen LogP contribution in [0.15, 0.2) is 85.1 Å². The van der Waals surface area contributed by atoms with Gasteiger partial charge in [0.2, 0.25) is 24.1 Å². The quantitative estimate of drug-likeness (QED) is 0.0575. The minimum Gasteiger partial charge on any atom is -0.508 e. The summed E-state index contributed by atoms with van der Waals surface area (Å²) < 4.78 is 10.5. The van der Waals surface area contributed by atoms with E-state index in [2.05, 4.69) is 27.8 Å². The van der Waals surface area contributed by atoms with Crippen LogP contribution < -0.4 is 21.3 Å². The summed E-state index contributed by atoms with van der Waals surface area (Å²) >= 11 is 0. The minimum absolute atomic E-state index is 0.00661. The van der Waals surface area contributed by atoms with Crippen molar-refractivity contribution in [3.63, 3.8) is 0 Å². The molecule has 0 saturated carbocycles. The fourth-order valence-corrected chi connectivity index (χ4v) is 5.05. The van der Waals surface area contributed by atoms with E-state index in [1.807, 2.05) is 18.2 Å². The molecule has 51 heavy (non-hydrogen) atoms. The van der Waals surface area contributed by atoms with Crippen molar-refractivity contribution in [2.75, 3.05) is 19.7 Å². The predicted molar refractivity (Wildman–Crippen MR) is 189 cm³/mol. The van der Waals surface area contributed by atoms with Crippen LogP contribution >= 0.6 is 0 Å². The highest BCUT2D eigenvalue weighted by molar-refractivity contribution is 5.92. The second-order valence-electron chi connectivity index (χ2n) is 12.6. The van der Waals surface area contributed by atoms with E-state index in [1.165, 1.54) is 29.2 Å². The summed E-state index contributed by atoms with van der Waals surface area (Å²) in [6.45, 7) is 8.58. The summed E-state index contributed by atoms with van der Waals surface area (Å²) in [6.07, 6.45) is 6.03. The second-order valence-corrected chi connectivity index (χ2v) is 12.6. The molecular weight excluding hydrogens is 658 g/mol. The van der Waals surface area contributed by atoms with Gasteiger partial charge in [0, 0.05) is 31.3 Å². The zero-order chi connectivity index (χ0) is 37.4. The van der Waals surface area contributed by atoms with Crippen LogP contribution in [0, 0.1) is 0 Å². The Morgan fingerprint density at radius 2 is 1.73 bits per heavy atom. The molecule has 2 aromatic carbocycles. The first-order chi connectivity index (χ1) is 24.3. The highest BCUT2D eigenvalue weighted by atomic mass is 16.6. The first kappa shape index (κ1) is 39.5. The number of hydrogen-bond donors (Lipinski definition) is 5. The fraction of sp³-hybridized carbons (Fsp3) is 0.351. The van der Waals surface area contributed by atoms with Gasteiger partial charge in [0.1, 0.15) is 36.1 Å². The number of allylic oxidation sites excluding steroid dienone is 1. The molecule has 5 N–H and O–H groups in total. The van der Waals surface area contributed by atoms with Crippen LogP contribution in [0.4, 0.5) is 4.79 Å². The normalized spacial score (nSPS) is 15.6. The van der Waals surface area contributed by atoms with Gasteiger partial charge in [-0.1, -0.05) is 55.1 Å². The van der Waals surface area contributed by atoms with E-state index < -0.39 is 53.5 Å². The van der Waals surface area contributed by atoms with Crippen molar-refractivity contribution in [3.05, 3.63) is 96.2 Å². The molecule has 1 saturated heterocycles. The third kappa shape index (κ3) is 13.5. The van der Waals surface area contributed by atoms with E-state index in [0.29, 0.717) is 24.8 Å². The molecule has 1 aliphatic rings. The lowest BCUT2D eigenvalue weighted by Crippen LogP contribution is -2.54. The van der Waals surface area contributed by atoms with E-state index in [-0.39, 0.29) is 37.6 Å². The number of rotatable bonds is 16. The van der Waals surface area contributed by atoms with Gasteiger partial charge in [0.25, 0.3) is 0 Å². The number of aromatic hydroxyl groups is 1. The van der Waals surface area contributed by atoms with Crippen molar-refractivity contribution in [2.24, 2.45) is 0 Å². The molecule has 1 aliphatic heterocycles. The molecule has 14 heteroatoms. The molecule has 1 fully saturated rings. The van der Waals surface area contributed by atoms with Crippen molar-refractivity contribution < 1.29 is 43.3 Å². The summed E-state index contributed by atoms with van der Waals surface area (Å²) in [7, 11) is 0. The maximum atomic E-state index is 13.7. The largest absolute Gasteiger partial charge is 0.508 e. The molecule has 2 aromatic rings. The Bertz CT molecular complexity index is 1600. The standard InChI is InChI=1S/C37H45N5O9/c1-5-20-50-35(48)31-12-9-19-42(31)34(47)30(39-24-43)23-38-32(45)18-15-27(21-26-13-16-28(44)17-14-26)40-33(46)29(22-25-10-7-6-8-11-25)41-36(49)51-37(2,3)4/h5-8,10-11,13-18,21,24,29-31,44H,1,9,12,19-20,22-23H2,2-4H3,(H,38,45)(H,39,43)(H,40,46)(H,41,49)/b18-15+,27-21-/t29-,30+,31+/m1/s1. The molecule has 3 atom stereocenters. The number of alkyl carbamates (subject to hydrolysis) is 1. The molecule has 3 rings (SSSR count). The lowest BCUT2D eigenvalue weighted by molar-refractivity contribution is -0.153. The van der Waals surface area contributed by atoms with Gasteiger partial charge in [0.05, 0.1) is 0 Å². The molecular formula is C37H45N5O9. The Morgan fingerprint density at radius 3 is 2.37 bits per heavy atom. The Morgan fingerprint density at radius 1 is 1.02 bits per heavy atom. The third-order valence-corrected chi connectivity index (χ3v) is 7.39. The first-order valence-electron chi connectivity index (χ1n) is 16.4. The average molecular weight is 704 g/mol. The lowest BCUT2D eigenvalue weighted by Gasteiger charge is -2.27. The van der Waals surface area contributed by atoms with Gasteiger partial charge in [-0.3, -0.25) is 19.2 Å². The van der Waals surface area contributed by atoms with E-state index in [0.717, 1.165) is 11.6 Å². The van der Waals surface area contributed by atoms with Crippen molar-refractivity contribution in [2.45, 2.75) is 63.8 Å². The number of likely N-dealkylation sites (tertiary alicyclic amines) is 1. The van der Waals surface area contributed by atoms with Crippen LogP contribution in [0.2, 0.25) is 0 Å². The Kier molecular flexibility index (Phi) is 15.0. The Hall–Kier alpha value is -5.92. The third-order valence-electron chi connectivity index (χ3n) is 7.39. The van der Waals surface area contributed by atoms with Crippen molar-refractivity contribution in [1.82, 2.24) is 26.2 Å². The Labute approximate surface area is 296 Å². The smallest absolute Gasteiger partial charge is 0.408 e. The molecule has 0 aromatic heterocycles. The topological polar surface area (TPSA) is 192 Å². The van der Waals surface area contributed by atoms with Gasteiger partial charge in [-0.2, -0.15) is 0 Å². The Balaban J connectivity index is 1.78. The molecule has 5 amide bonds. The van der Waals surface area contributed by atoms with E-state index in [9.17, 15) is 33.9 Å². The SMILES string of the molecule is C=CCOC(=O)[C@@H]1CCCN1C(=O)[C@H](CNC(=O)/C=C/C(=C/c1ccc(O)cc1)NC(=O)[C@@H](Cc1ccccc1)NC(=O)OC(C)(C)C)NC=O. The van der Waals surface area contributed by atoms with E-state index in [1.54, 1.807) is 51.1 Å². The number of carbonyl (C=O) groups is 6. The summed E-state index contributed by atoms with van der Waals surface area (Å²) in [5, 5.41) is 20.1. The summed E-state index contributed by atoms with van der Waals surface area (Å²) in [5.74, 6) is -2.39. The minimum atomic E-state index is -1.17. The van der Waals surface area contributed by atoms with Gasteiger partial charge in [-0.25, -0.2) is 9.59 Å². The number of phenols is 1. The van der Waals surface area contributed by atoms with Gasteiger partial charge in [-0.05, 0) is 69.0 Å². The van der Waals surface area contributed by atoms with Gasteiger partial charge in [-0.15, -0.1) is 0 Å². The van der Waals surface area contributed by atoms with E-state index in [4.69, 9.17) is 9.47 Å². The molecule has 0 unspecified atom stereocenters. The van der Waals surface area contributed by atoms with Crippen LogP contribution in [0.25, 0.3) is 6.08 Å². The molecule has 0 aliphatic carbocycles. The van der Waals surface area contributed by atoms with Gasteiger partial charge >= 0.3 is 12.1 Å². The number of esters is 1. The lowest BCUT2D eigenvalue weighted by atomic mass is 10.1. The van der Waals surface area contributed by atoms with Crippen LogP contribution in [-0.2, 0) is 39.9 Å². The highest BCUT2D eigenvalue weighted by Gasteiger charge is 2.38. The van der Waals surface area contributed by atoms with E-state index >= 15 is 0 Å². The number of phenolic OH excluding ortho intramolecular Hbond substituents is 1. The van der Waals surface area contributed by atoms with Gasteiger partial charge < -0.3 is 40.7 Å². The van der Waals surface area contributed by atoms with Crippen LogP contribution in [0.3, 0.4) is 0 Å². The van der Waals surface area contributed by atoms with Crippen molar-refractivity contribution in [3.8, 4) is 5.75 Å². The summed E-state index contributed by atoms with van der Waals surface area (Å²) in [4.78, 5) is 77.7. The zero-order valence-electron chi connectivity index (χ0n) is 28.9. The monoisotopic (exact) mass is 703 g/mol. The fourth-order valence-electron chi connectivity index (χ4n) is 5.05. The van der Waals surface area contributed by atoms with Crippen LogP contribution in [0.1, 0.15) is 44.7 Å².